The van der Waals surface area contributed by atoms with Crippen molar-refractivity contribution in [3.8, 4) is 11.5 Å². The first-order valence-corrected chi connectivity index (χ1v) is 14.0. The molecule has 0 heterocycles. The summed E-state index contributed by atoms with van der Waals surface area (Å²) in [6.45, 7) is 1.72. The summed E-state index contributed by atoms with van der Waals surface area (Å²) < 4.78 is 26.2. The van der Waals surface area contributed by atoms with Crippen LogP contribution in [0.1, 0.15) is 81.5 Å². The molecule has 0 spiro atoms. The van der Waals surface area contributed by atoms with Gasteiger partial charge in [0.25, 0.3) is 5.91 Å². The van der Waals surface area contributed by atoms with Crippen LogP contribution in [0.25, 0.3) is 0 Å². The number of benzene rings is 1. The Kier molecular flexibility index (Phi) is 6.11. The summed E-state index contributed by atoms with van der Waals surface area (Å²) in [6.07, 6.45) is 7.65. The number of methoxy groups -OCH3 is 1. The summed E-state index contributed by atoms with van der Waals surface area (Å²) >= 11 is 0. The van der Waals surface area contributed by atoms with Gasteiger partial charge in [0.2, 0.25) is 5.91 Å². The lowest BCUT2D eigenvalue weighted by Crippen LogP contribution is -2.69. The number of fused-ring (bicyclic) bond motifs is 2. The van der Waals surface area contributed by atoms with Crippen LogP contribution in [-0.2, 0) is 9.59 Å². The van der Waals surface area contributed by atoms with Gasteiger partial charge < -0.3 is 25.2 Å². The molecule has 4 atom stereocenters. The first-order valence-electron chi connectivity index (χ1n) is 14.0. The van der Waals surface area contributed by atoms with E-state index in [1.165, 1.54) is 13.2 Å². The topological polar surface area (TPSA) is 114 Å². The van der Waals surface area contributed by atoms with E-state index in [1.807, 2.05) is 0 Å². The fraction of sp³-hybridized carbons (Fsp3) is 0.690. The van der Waals surface area contributed by atoms with Crippen LogP contribution in [0.4, 0.5) is 4.39 Å². The number of rotatable bonds is 8. The van der Waals surface area contributed by atoms with E-state index in [9.17, 15) is 23.9 Å². The standard InChI is InChI=1S/C29H37FN2O6/c1-28(27(35)36)7-5-18(6-8-28)38-22-10-19(21(37-2)11-20(22)30)25(33)31-24-17-4-3-16(9-17)23(24)26(34)32-29-12-15(13-29)14-29/h10-11,15-18,23-24H,3-9,12-14H2,1-2H3,(H,31,33)(H,32,34)(H,35,36)/t15?,16-,17+,18?,23+,24-,28?,29?/m1/s1. The molecule has 3 N–H and O–H groups in total. The molecule has 0 saturated heterocycles. The predicted octanol–water partition coefficient (Wildman–Crippen LogP) is 4.06. The summed E-state index contributed by atoms with van der Waals surface area (Å²) in [4.78, 5) is 38.4. The van der Waals surface area contributed by atoms with Crippen LogP contribution >= 0.6 is 0 Å². The minimum Gasteiger partial charge on any atom is -0.496 e. The lowest BCUT2D eigenvalue weighted by Gasteiger charge is -2.62. The van der Waals surface area contributed by atoms with Crippen LogP contribution in [0.2, 0.25) is 0 Å². The van der Waals surface area contributed by atoms with Crippen molar-refractivity contribution in [2.24, 2.45) is 29.1 Å². The molecule has 0 aromatic heterocycles. The Bertz CT molecular complexity index is 1140. The summed E-state index contributed by atoms with van der Waals surface area (Å²) in [5, 5.41) is 15.9. The molecule has 6 aliphatic carbocycles. The second-order valence-corrected chi connectivity index (χ2v) is 12.8. The summed E-state index contributed by atoms with van der Waals surface area (Å²) in [6, 6.07) is 2.26. The number of aliphatic carboxylic acids is 1. The van der Waals surface area contributed by atoms with Crippen molar-refractivity contribution in [2.75, 3.05) is 7.11 Å². The average Bonchev–Trinajstić information content (AvgIpc) is 3.44. The number of hydrogen-bond acceptors (Lipinski definition) is 5. The molecule has 1 aromatic carbocycles. The molecule has 9 heteroatoms. The summed E-state index contributed by atoms with van der Waals surface area (Å²) in [5.41, 5.74) is -0.645. The number of carbonyl (C=O) groups excluding carboxylic acids is 2. The predicted molar refractivity (Wildman–Crippen MR) is 135 cm³/mol. The molecule has 38 heavy (non-hydrogen) atoms. The fourth-order valence-electron chi connectivity index (χ4n) is 7.79. The largest absolute Gasteiger partial charge is 0.496 e. The Morgan fingerprint density at radius 2 is 1.71 bits per heavy atom. The number of amides is 2. The van der Waals surface area contributed by atoms with Crippen molar-refractivity contribution in [3.05, 3.63) is 23.5 Å². The molecular weight excluding hydrogens is 491 g/mol. The molecule has 6 aliphatic rings. The normalized spacial score (nSPS) is 38.5. The molecule has 8 nitrogen and oxygen atoms in total. The van der Waals surface area contributed by atoms with Gasteiger partial charge in [-0.25, -0.2) is 4.39 Å². The third-order valence-electron chi connectivity index (χ3n) is 10.3. The van der Waals surface area contributed by atoms with E-state index in [-0.39, 0.29) is 58.4 Å². The van der Waals surface area contributed by atoms with Crippen molar-refractivity contribution in [1.29, 1.82) is 0 Å². The van der Waals surface area contributed by atoms with E-state index < -0.39 is 23.1 Å². The van der Waals surface area contributed by atoms with Gasteiger partial charge in [0.05, 0.1) is 30.1 Å². The highest BCUT2D eigenvalue weighted by Crippen LogP contribution is 2.57. The van der Waals surface area contributed by atoms with Crippen molar-refractivity contribution in [1.82, 2.24) is 10.6 Å². The SMILES string of the molecule is COc1cc(F)c(OC2CCC(C)(C(=O)O)CC2)cc1C(=O)N[C@@H]1[C@H]2CC[C@H](C2)[C@@H]1C(=O)NC12CC(C1)C2. The lowest BCUT2D eigenvalue weighted by atomic mass is 9.50. The first kappa shape index (κ1) is 25.4. The zero-order chi connectivity index (χ0) is 26.8. The van der Waals surface area contributed by atoms with Gasteiger partial charge in [-0.05, 0) is 95.0 Å². The van der Waals surface area contributed by atoms with Crippen LogP contribution in [0.15, 0.2) is 12.1 Å². The second-order valence-electron chi connectivity index (χ2n) is 12.8. The van der Waals surface area contributed by atoms with E-state index in [0.29, 0.717) is 25.7 Å². The maximum Gasteiger partial charge on any atom is 0.309 e. The highest BCUT2D eigenvalue weighted by molar-refractivity contribution is 5.98. The highest BCUT2D eigenvalue weighted by Gasteiger charge is 2.59. The number of ether oxygens (including phenoxy) is 2. The molecule has 0 unspecified atom stereocenters. The number of carboxylic acid groups (broad SMARTS) is 1. The smallest absolute Gasteiger partial charge is 0.309 e. The summed E-state index contributed by atoms with van der Waals surface area (Å²) in [7, 11) is 1.39. The molecular formula is C29H37FN2O6. The number of halogens is 1. The summed E-state index contributed by atoms with van der Waals surface area (Å²) in [5.74, 6) is -0.726. The van der Waals surface area contributed by atoms with E-state index >= 15 is 0 Å². The zero-order valence-electron chi connectivity index (χ0n) is 22.1. The number of nitrogens with one attached hydrogen (secondary N) is 2. The van der Waals surface area contributed by atoms with Gasteiger partial charge in [0.15, 0.2) is 11.6 Å². The van der Waals surface area contributed by atoms with Crippen LogP contribution in [-0.4, -0.2) is 47.7 Å². The van der Waals surface area contributed by atoms with Crippen molar-refractivity contribution in [3.63, 3.8) is 0 Å². The monoisotopic (exact) mass is 528 g/mol. The van der Waals surface area contributed by atoms with Crippen LogP contribution in [0, 0.1) is 34.9 Å². The molecule has 0 radical (unpaired) electrons. The zero-order valence-corrected chi connectivity index (χ0v) is 22.1. The Hall–Kier alpha value is -2.84. The number of hydrogen-bond donors (Lipinski definition) is 3. The number of carbonyl (C=O) groups is 3. The molecule has 1 aromatic rings. The minimum absolute atomic E-state index is 0.00835. The molecule has 7 rings (SSSR count). The van der Waals surface area contributed by atoms with Crippen molar-refractivity contribution in [2.45, 2.75) is 88.8 Å². The van der Waals surface area contributed by atoms with Gasteiger partial charge in [0.1, 0.15) is 5.75 Å². The van der Waals surface area contributed by atoms with E-state index in [0.717, 1.165) is 50.5 Å². The third-order valence-corrected chi connectivity index (χ3v) is 10.3. The Labute approximate surface area is 222 Å². The number of carboxylic acids is 1. The third kappa shape index (κ3) is 4.22. The lowest BCUT2D eigenvalue weighted by molar-refractivity contribution is -0.150. The quantitative estimate of drug-likeness (QED) is 0.469. The van der Waals surface area contributed by atoms with Crippen LogP contribution in [0.5, 0.6) is 11.5 Å². The molecule has 0 aliphatic heterocycles. The highest BCUT2D eigenvalue weighted by atomic mass is 19.1. The Morgan fingerprint density at radius 1 is 1.03 bits per heavy atom. The van der Waals surface area contributed by atoms with Gasteiger partial charge >= 0.3 is 5.97 Å². The van der Waals surface area contributed by atoms with E-state index in [1.54, 1.807) is 6.92 Å². The van der Waals surface area contributed by atoms with E-state index in [2.05, 4.69) is 10.6 Å². The van der Waals surface area contributed by atoms with E-state index in [4.69, 9.17) is 9.47 Å². The molecule has 4 bridgehead atoms. The molecule has 206 valence electrons. The maximum absolute atomic E-state index is 14.9. The second kappa shape index (κ2) is 9.12. The molecule has 6 fully saturated rings. The Balaban J connectivity index is 1.16. The average molecular weight is 529 g/mol. The fourth-order valence-corrected chi connectivity index (χ4v) is 7.79. The first-order chi connectivity index (χ1) is 18.1. The molecule has 2 amide bonds. The van der Waals surface area contributed by atoms with Crippen molar-refractivity contribution < 1.29 is 33.4 Å². The van der Waals surface area contributed by atoms with Crippen molar-refractivity contribution >= 4 is 17.8 Å². The molecule has 6 saturated carbocycles. The minimum atomic E-state index is -0.831. The van der Waals surface area contributed by atoms with Gasteiger partial charge in [-0.15, -0.1) is 0 Å². The van der Waals surface area contributed by atoms with Crippen LogP contribution in [0.3, 0.4) is 0 Å². The van der Waals surface area contributed by atoms with Gasteiger partial charge in [-0.1, -0.05) is 0 Å². The van der Waals surface area contributed by atoms with Gasteiger partial charge in [-0.2, -0.15) is 0 Å². The van der Waals surface area contributed by atoms with Gasteiger partial charge in [-0.3, -0.25) is 14.4 Å². The van der Waals surface area contributed by atoms with Crippen LogP contribution < -0.4 is 20.1 Å². The maximum atomic E-state index is 14.9. The Morgan fingerprint density at radius 3 is 2.32 bits per heavy atom. The van der Waals surface area contributed by atoms with Gasteiger partial charge in [0, 0.05) is 17.6 Å².